The largest absolute Gasteiger partial charge is 0.477 e. The second-order valence-corrected chi connectivity index (χ2v) is 16.3. The van der Waals surface area contributed by atoms with Crippen molar-refractivity contribution >= 4 is 11.9 Å². The molecule has 0 spiro atoms. The topological polar surface area (TPSA) is 462 Å². The summed E-state index contributed by atoms with van der Waals surface area (Å²) in [6.45, 7) is -1.84. The molecule has 5 heterocycles. The van der Waals surface area contributed by atoms with E-state index in [2.05, 4.69) is 5.32 Å². The van der Waals surface area contributed by atoms with Crippen LogP contribution in [0.1, 0.15) is 20.3 Å². The van der Waals surface area contributed by atoms with Gasteiger partial charge in [0.2, 0.25) is 5.91 Å². The maximum absolute atomic E-state index is 13.0. The SMILES string of the molecule is CO[C@@H]1O[C@H](CO)[C@H](O)[C@H](O[C@@H]2O[C@H](CO)[C@@H](O[C@@H]3O[C@H](CO)[C@H](O)[C@H](O[C@]4(C(=O)O)C[C@H](O)[C@@H](NC(C)=O)[C@H]([C@@H](O)[C@H](O)CO)O4)[C@H]3O)[C@H](O[C@@H]3O[C@@H](C)[C@@H](O)[C@@H](O)[C@@H]3O)[C@H]2O)[C@H]1O. The van der Waals surface area contributed by atoms with E-state index in [1.807, 2.05) is 0 Å². The van der Waals surface area contributed by atoms with Crippen LogP contribution in [-0.4, -0.2) is 286 Å². The first-order chi connectivity index (χ1) is 30.6. The van der Waals surface area contributed by atoms with E-state index in [1.165, 1.54) is 6.92 Å². The van der Waals surface area contributed by atoms with Crippen molar-refractivity contribution in [1.29, 1.82) is 0 Å². The zero-order valence-electron chi connectivity index (χ0n) is 35.0. The third-order valence-corrected chi connectivity index (χ3v) is 11.9. The molecule has 29 heteroatoms. The number of aliphatic hydroxyl groups is 15. The standard InChI is InChI=1S/C36H61NO28/c1-9-17(45)21(49)22(50)32(57-9)63-30-25(53)34(62-28-19(47)13(6-39)58-31(56-3)23(28)51)60-15(8-41)26(30)61-33-24(52)29(20(48)14(7-40)59-33)65-36(35(54)55)4-11(43)16(37-10(2)42)27(64-36)18(46)12(44)5-38/h9,11-34,38-41,43-53H,4-8H2,1-3H3,(H,37,42)(H,54,55)/t9-,11-,12+,13+,14+,15+,16+,17+,18-,19-,20-,21+,22-,23+,24+,25+,26+,27+,28-,29-,30+,31+,32-,33-,34-,36-/m0/s1. The first kappa shape index (κ1) is 53.9. The molecule has 17 N–H and O–H groups in total. The van der Waals surface area contributed by atoms with Crippen molar-refractivity contribution in [2.75, 3.05) is 33.5 Å². The van der Waals surface area contributed by atoms with Crippen LogP contribution in [0.2, 0.25) is 0 Å². The number of carbonyl (C=O) groups is 2. The Hall–Kier alpha value is -2.06. The summed E-state index contributed by atoms with van der Waals surface area (Å²) >= 11 is 0. The zero-order valence-corrected chi connectivity index (χ0v) is 35.0. The van der Waals surface area contributed by atoms with Gasteiger partial charge in [-0.05, 0) is 6.92 Å². The van der Waals surface area contributed by atoms with Crippen LogP contribution in [0, 0.1) is 0 Å². The van der Waals surface area contributed by atoms with Crippen molar-refractivity contribution in [1.82, 2.24) is 5.32 Å². The van der Waals surface area contributed by atoms with Crippen molar-refractivity contribution in [2.45, 2.75) is 179 Å². The number of aliphatic hydroxyl groups excluding tert-OH is 15. The number of rotatable bonds is 17. The summed E-state index contributed by atoms with van der Waals surface area (Å²) in [5, 5.41) is 174. The normalized spacial score (nSPS) is 48.3. The van der Waals surface area contributed by atoms with Crippen molar-refractivity contribution in [3.8, 4) is 0 Å². The van der Waals surface area contributed by atoms with Gasteiger partial charge < -0.3 is 134 Å². The molecule has 0 aliphatic carbocycles. The third-order valence-electron chi connectivity index (χ3n) is 11.9. The van der Waals surface area contributed by atoms with Crippen molar-refractivity contribution in [3.05, 3.63) is 0 Å². The number of nitrogens with one attached hydrogen (secondary N) is 1. The second kappa shape index (κ2) is 22.6. The lowest BCUT2D eigenvalue weighted by atomic mass is 9.88. The van der Waals surface area contributed by atoms with Gasteiger partial charge in [0, 0.05) is 20.5 Å². The summed E-state index contributed by atoms with van der Waals surface area (Å²) in [7, 11) is 1.12. The molecule has 0 aromatic rings. The molecule has 0 aromatic carbocycles. The molecule has 0 radical (unpaired) electrons. The number of ether oxygens (including phenoxy) is 10. The highest BCUT2D eigenvalue weighted by Crippen LogP contribution is 2.40. The summed E-state index contributed by atoms with van der Waals surface area (Å²) in [4.78, 5) is 25.0. The summed E-state index contributed by atoms with van der Waals surface area (Å²) in [6.07, 6.45) is -47.5. The molecule has 0 aromatic heterocycles. The van der Waals surface area contributed by atoms with Crippen LogP contribution in [0.25, 0.3) is 0 Å². The number of carbonyl (C=O) groups excluding carboxylic acids is 1. The summed E-state index contributed by atoms with van der Waals surface area (Å²) in [5.41, 5.74) is 0. The molecular weight excluding hydrogens is 894 g/mol. The Kier molecular flexibility index (Phi) is 18.7. The van der Waals surface area contributed by atoms with Gasteiger partial charge in [0.05, 0.1) is 44.7 Å². The van der Waals surface area contributed by atoms with Gasteiger partial charge in [-0.1, -0.05) is 0 Å². The van der Waals surface area contributed by atoms with E-state index in [0.717, 1.165) is 14.0 Å². The fraction of sp³-hybridized carbons (Fsp3) is 0.944. The Morgan fingerprint density at radius 1 is 0.646 bits per heavy atom. The Morgan fingerprint density at radius 3 is 1.68 bits per heavy atom. The predicted molar refractivity (Wildman–Crippen MR) is 199 cm³/mol. The summed E-state index contributed by atoms with van der Waals surface area (Å²) in [6, 6.07) is -1.64. The van der Waals surface area contributed by atoms with Crippen LogP contribution in [0.4, 0.5) is 0 Å². The number of amides is 1. The number of carboxylic acids is 1. The average molecular weight is 956 g/mol. The Bertz CT molecular complexity index is 1520. The highest BCUT2D eigenvalue weighted by atomic mass is 16.8. The van der Waals surface area contributed by atoms with Gasteiger partial charge in [-0.25, -0.2) is 4.79 Å². The van der Waals surface area contributed by atoms with Crippen LogP contribution in [0.15, 0.2) is 0 Å². The molecular formula is C36H61NO28. The molecule has 1 amide bonds. The smallest absolute Gasteiger partial charge is 0.364 e. The highest BCUT2D eigenvalue weighted by molar-refractivity contribution is 5.76. The predicted octanol–water partition coefficient (Wildman–Crippen LogP) is -10.9. The van der Waals surface area contributed by atoms with Gasteiger partial charge in [0.1, 0.15) is 110 Å². The van der Waals surface area contributed by atoms with Gasteiger partial charge in [-0.2, -0.15) is 0 Å². The maximum Gasteiger partial charge on any atom is 0.364 e. The zero-order chi connectivity index (χ0) is 48.4. The fourth-order valence-electron chi connectivity index (χ4n) is 8.25. The molecule has 5 aliphatic heterocycles. The number of methoxy groups -OCH3 is 1. The van der Waals surface area contributed by atoms with Gasteiger partial charge >= 0.3 is 5.97 Å². The lowest BCUT2D eigenvalue weighted by Crippen LogP contribution is -2.71. The highest BCUT2D eigenvalue weighted by Gasteiger charge is 2.61. The van der Waals surface area contributed by atoms with Crippen LogP contribution < -0.4 is 5.32 Å². The van der Waals surface area contributed by atoms with Crippen molar-refractivity contribution in [3.63, 3.8) is 0 Å². The van der Waals surface area contributed by atoms with Gasteiger partial charge in [-0.15, -0.1) is 0 Å². The summed E-state index contributed by atoms with van der Waals surface area (Å²) in [5.74, 6) is -6.04. The molecule has 0 saturated carbocycles. The lowest BCUT2D eigenvalue weighted by molar-refractivity contribution is -0.406. The summed E-state index contributed by atoms with van der Waals surface area (Å²) < 4.78 is 56.4. The lowest BCUT2D eigenvalue weighted by Gasteiger charge is -2.51. The van der Waals surface area contributed by atoms with Crippen molar-refractivity contribution in [2.24, 2.45) is 0 Å². The molecule has 26 atom stereocenters. The Labute approximate surface area is 368 Å². The van der Waals surface area contributed by atoms with E-state index in [4.69, 9.17) is 47.4 Å². The van der Waals surface area contributed by atoms with E-state index < -0.39 is 204 Å². The molecule has 5 fully saturated rings. The van der Waals surface area contributed by atoms with E-state index in [0.29, 0.717) is 0 Å². The van der Waals surface area contributed by atoms with Gasteiger partial charge in [-0.3, -0.25) is 4.79 Å². The molecule has 5 rings (SSSR count). The molecule has 65 heavy (non-hydrogen) atoms. The number of carboxylic acid groups (broad SMARTS) is 1. The van der Waals surface area contributed by atoms with Gasteiger partial charge in [0.15, 0.2) is 25.2 Å². The first-order valence-corrected chi connectivity index (χ1v) is 20.5. The minimum Gasteiger partial charge on any atom is -0.477 e. The second-order valence-electron chi connectivity index (χ2n) is 16.3. The quantitative estimate of drug-likeness (QED) is 0.0644. The van der Waals surface area contributed by atoms with Crippen molar-refractivity contribution < 1.29 is 139 Å². The molecule has 29 nitrogen and oxygen atoms in total. The third kappa shape index (κ3) is 11.2. The number of hydrogen-bond acceptors (Lipinski definition) is 27. The average Bonchev–Trinajstić information content (AvgIpc) is 3.27. The monoisotopic (exact) mass is 955 g/mol. The van der Waals surface area contributed by atoms with E-state index >= 15 is 0 Å². The van der Waals surface area contributed by atoms with E-state index in [1.54, 1.807) is 0 Å². The molecule has 0 unspecified atom stereocenters. The van der Waals surface area contributed by atoms with Crippen LogP contribution in [0.5, 0.6) is 0 Å². The number of aliphatic carboxylic acids is 1. The Balaban J connectivity index is 1.49. The Morgan fingerprint density at radius 2 is 1.14 bits per heavy atom. The molecule has 0 bridgehead atoms. The van der Waals surface area contributed by atoms with Crippen LogP contribution >= 0.6 is 0 Å². The van der Waals surface area contributed by atoms with Crippen LogP contribution in [-0.2, 0) is 57.0 Å². The number of hydrogen-bond donors (Lipinski definition) is 17. The minimum atomic E-state index is -3.18. The minimum absolute atomic E-state index is 0.807. The molecule has 5 aliphatic rings. The maximum atomic E-state index is 13.0. The van der Waals surface area contributed by atoms with Gasteiger partial charge in [0.25, 0.3) is 5.79 Å². The van der Waals surface area contributed by atoms with E-state index in [-0.39, 0.29) is 0 Å². The van der Waals surface area contributed by atoms with E-state index in [9.17, 15) is 91.3 Å². The molecule has 5 saturated heterocycles. The van der Waals surface area contributed by atoms with Crippen LogP contribution in [0.3, 0.4) is 0 Å². The molecule has 378 valence electrons. The fourth-order valence-corrected chi connectivity index (χ4v) is 8.25. The first-order valence-electron chi connectivity index (χ1n) is 20.5.